The Balaban J connectivity index is 1.37. The predicted octanol–water partition coefficient (Wildman–Crippen LogP) is 5.78. The fourth-order valence-electron chi connectivity index (χ4n) is 7.71. The maximum atomic E-state index is 14.0. The average molecular weight is 1060 g/mol. The number of allylic oxidation sites excluding steroid dienone is 4. The third kappa shape index (κ3) is 15.4. The summed E-state index contributed by atoms with van der Waals surface area (Å²) in [5, 5.41) is 17.1. The van der Waals surface area contributed by atoms with E-state index in [0.717, 1.165) is 0 Å². The molecule has 9 N–H and O–H groups in total. The number of ether oxygens (including phenoxy) is 4. The van der Waals surface area contributed by atoms with Crippen molar-refractivity contribution in [3.8, 4) is 11.5 Å². The third-order valence-corrected chi connectivity index (χ3v) is 10.9. The summed E-state index contributed by atoms with van der Waals surface area (Å²) in [6.07, 6.45) is 11.4. The number of carbonyl (C=O) groups is 6. The molecule has 408 valence electrons. The van der Waals surface area contributed by atoms with Crippen molar-refractivity contribution in [3.05, 3.63) is 101 Å². The van der Waals surface area contributed by atoms with E-state index in [1.54, 1.807) is 104 Å². The number of hydrogen-bond donors (Lipinski definition) is 6. The van der Waals surface area contributed by atoms with Crippen molar-refractivity contribution in [1.82, 2.24) is 38.7 Å². The van der Waals surface area contributed by atoms with Crippen LogP contribution in [-0.4, -0.2) is 112 Å². The molecular weight excluding hydrogens is 995 g/mol. The van der Waals surface area contributed by atoms with Crippen LogP contribution in [0.1, 0.15) is 98.2 Å². The molecule has 0 aliphatic rings. The first-order chi connectivity index (χ1) is 36.7. The monoisotopic (exact) mass is 1060 g/mol. The number of aromatic nitrogens is 8. The minimum atomic E-state index is -0.754. The van der Waals surface area contributed by atoms with Crippen LogP contribution in [0.2, 0.25) is 0 Å². The first-order valence-electron chi connectivity index (χ1n) is 24.8. The molecular formula is C52H65N15O10. The van der Waals surface area contributed by atoms with Crippen molar-refractivity contribution in [2.75, 3.05) is 42.3 Å². The maximum Gasteiger partial charge on any atom is 0.412 e. The summed E-state index contributed by atoms with van der Waals surface area (Å²) < 4.78 is 29.4. The fourth-order valence-corrected chi connectivity index (χ4v) is 7.71. The Morgan fingerprint density at radius 1 is 0.779 bits per heavy atom. The number of anilines is 3. The molecule has 0 atom stereocenters. The number of amides is 5. The summed E-state index contributed by atoms with van der Waals surface area (Å²) in [5.74, 6) is -2.46. The van der Waals surface area contributed by atoms with E-state index in [0.29, 0.717) is 41.2 Å². The minimum absolute atomic E-state index is 0.0114. The second kappa shape index (κ2) is 25.8. The largest absolute Gasteiger partial charge is 0.491 e. The van der Waals surface area contributed by atoms with E-state index in [2.05, 4.69) is 31.1 Å². The molecule has 6 aromatic rings. The normalized spacial score (nSPS) is 12.2. The van der Waals surface area contributed by atoms with Gasteiger partial charge in [0.15, 0.2) is 0 Å². The zero-order valence-corrected chi connectivity index (χ0v) is 44.3. The van der Waals surface area contributed by atoms with Gasteiger partial charge in [-0.05, 0) is 104 Å². The summed E-state index contributed by atoms with van der Waals surface area (Å²) in [7, 11) is 0. The molecule has 0 spiro atoms. The number of nitrogens with zero attached hydrogens (tertiary/aromatic N) is 9. The van der Waals surface area contributed by atoms with Crippen molar-refractivity contribution in [2.24, 2.45) is 22.2 Å². The van der Waals surface area contributed by atoms with Crippen LogP contribution in [0.25, 0.3) is 22.1 Å². The molecule has 6 rings (SSSR count). The number of primary amides is 2. The van der Waals surface area contributed by atoms with Crippen molar-refractivity contribution in [2.45, 2.75) is 100 Å². The molecule has 77 heavy (non-hydrogen) atoms. The molecule has 0 unspecified atom stereocenters. The Kier molecular flexibility index (Phi) is 19.1. The Labute approximate surface area is 443 Å². The average Bonchev–Trinajstić information content (AvgIpc) is 4.18. The Bertz CT molecular complexity index is 3290. The number of esters is 1. The lowest BCUT2D eigenvalue weighted by atomic mass is 10.1. The Morgan fingerprint density at radius 3 is 1.96 bits per heavy atom. The lowest BCUT2D eigenvalue weighted by Gasteiger charge is -2.19. The van der Waals surface area contributed by atoms with Crippen LogP contribution >= 0.6 is 0 Å². The van der Waals surface area contributed by atoms with Crippen molar-refractivity contribution in [1.29, 1.82) is 0 Å². The maximum absolute atomic E-state index is 14.0. The third-order valence-electron chi connectivity index (χ3n) is 10.9. The second-order valence-corrected chi connectivity index (χ2v) is 18.2. The van der Waals surface area contributed by atoms with Gasteiger partial charge in [0.05, 0.1) is 48.4 Å². The molecule has 25 nitrogen and oxygen atoms in total. The minimum Gasteiger partial charge on any atom is -0.491 e. The summed E-state index contributed by atoms with van der Waals surface area (Å²) in [6, 6.07) is 7.57. The van der Waals surface area contributed by atoms with E-state index >= 15 is 0 Å². The molecule has 2 aromatic carbocycles. The highest BCUT2D eigenvalue weighted by atomic mass is 16.6. The van der Waals surface area contributed by atoms with Gasteiger partial charge in [-0.15, -0.1) is 0 Å². The molecule has 5 amide bonds. The van der Waals surface area contributed by atoms with Crippen molar-refractivity contribution in [3.63, 3.8) is 0 Å². The van der Waals surface area contributed by atoms with Crippen LogP contribution in [0.15, 0.2) is 83.8 Å². The molecule has 0 bridgehead atoms. The standard InChI is InChI=1S/C52H65N15O10/c1-9-56-38(23-31(4)53)47(71)61-49-59-36-25-34(46(55)70)28-41(76-22-16-17-42(68)74-11-3)44(36)65(49)19-12-13-20-66-43-37(60-50(66)62-48(72)39-24-32(5)63-67(39)10-2)26-33(45(54)69)27-40(43)75-21-15-14-18-64-30-35(29-57-64)58-51(73)77-52(6,7)8/h12-15,23-30H,9-11,16-22,53H2,1-8H3,(H2,54,69)(H2,55,70)(H,58,73)(H,59,61,71)(H,60,62,72)/b13-12+,15-14+,31-23-,56-38?. The van der Waals surface area contributed by atoms with Gasteiger partial charge < -0.3 is 45.3 Å². The molecule has 4 aromatic heterocycles. The quantitative estimate of drug-likeness (QED) is 0.0171. The highest BCUT2D eigenvalue weighted by Crippen LogP contribution is 2.33. The van der Waals surface area contributed by atoms with Gasteiger partial charge in [0.1, 0.15) is 46.1 Å². The van der Waals surface area contributed by atoms with Crippen molar-refractivity contribution < 1.29 is 47.7 Å². The summed E-state index contributed by atoms with van der Waals surface area (Å²) in [5.41, 5.74) is 20.1. The smallest absolute Gasteiger partial charge is 0.412 e. The zero-order valence-electron chi connectivity index (χ0n) is 44.3. The van der Waals surface area contributed by atoms with E-state index in [1.165, 1.54) is 36.5 Å². The lowest BCUT2D eigenvalue weighted by molar-refractivity contribution is -0.143. The van der Waals surface area contributed by atoms with Crippen molar-refractivity contribution >= 4 is 81.1 Å². The topological polar surface area (TPSA) is 337 Å². The molecule has 25 heteroatoms. The first kappa shape index (κ1) is 57.0. The molecule has 0 saturated heterocycles. The number of nitrogens with one attached hydrogen (secondary N) is 3. The number of fused-ring (bicyclic) bond motifs is 2. The SMILES string of the molecule is CCN=C(/C=C(/C)N)C(=O)Nc1nc2cc(C(N)=O)cc(OCCCC(=O)OCC)c2n1C/C=C/Cn1c(NC(=O)c2cc(C)nn2CC)nc2cc(C(N)=O)cc(OC/C=C/Cn3cc(NC(=O)OC(C)(C)C)cn3)c21. The van der Waals surface area contributed by atoms with Crippen LogP contribution in [-0.2, 0) is 45.2 Å². The number of aliphatic imine (C=N–C) groups is 1. The molecule has 0 fully saturated rings. The van der Waals surface area contributed by atoms with Gasteiger partial charge in [-0.25, -0.2) is 14.8 Å². The van der Waals surface area contributed by atoms with Crippen LogP contribution < -0.4 is 42.6 Å². The fraction of sp³-hybridized carbons (Fsp3) is 0.365. The number of nitrogens with two attached hydrogens (primary N) is 3. The molecule has 0 radical (unpaired) electrons. The van der Waals surface area contributed by atoms with Gasteiger partial charge in [0.25, 0.3) is 11.8 Å². The van der Waals surface area contributed by atoms with E-state index in [4.69, 9.17) is 46.1 Å². The number of rotatable bonds is 25. The van der Waals surface area contributed by atoms with Crippen LogP contribution in [0.3, 0.4) is 0 Å². The summed E-state index contributed by atoms with van der Waals surface area (Å²) >= 11 is 0. The van der Waals surface area contributed by atoms with Crippen LogP contribution in [0, 0.1) is 6.92 Å². The highest BCUT2D eigenvalue weighted by Gasteiger charge is 2.24. The highest BCUT2D eigenvalue weighted by molar-refractivity contribution is 6.47. The molecule has 0 saturated carbocycles. The van der Waals surface area contributed by atoms with Gasteiger partial charge in [0.2, 0.25) is 23.7 Å². The van der Waals surface area contributed by atoms with Gasteiger partial charge in [0, 0.05) is 55.6 Å². The lowest BCUT2D eigenvalue weighted by Crippen LogP contribution is -2.27. The van der Waals surface area contributed by atoms with Gasteiger partial charge >= 0.3 is 12.1 Å². The van der Waals surface area contributed by atoms with Crippen LogP contribution in [0.4, 0.5) is 22.4 Å². The van der Waals surface area contributed by atoms with Gasteiger partial charge in [-0.2, -0.15) is 10.2 Å². The Morgan fingerprint density at radius 2 is 1.39 bits per heavy atom. The van der Waals surface area contributed by atoms with Crippen LogP contribution in [0.5, 0.6) is 11.5 Å². The Hall–Kier alpha value is -9.29. The second-order valence-electron chi connectivity index (χ2n) is 18.2. The van der Waals surface area contributed by atoms with Gasteiger partial charge in [-0.1, -0.05) is 18.2 Å². The zero-order chi connectivity index (χ0) is 56.0. The van der Waals surface area contributed by atoms with E-state index in [1.807, 2.05) is 6.92 Å². The number of carbonyl (C=O) groups excluding carboxylic acids is 6. The first-order valence-corrected chi connectivity index (χ1v) is 24.8. The molecule has 4 heterocycles. The number of imidazole rings is 2. The van der Waals surface area contributed by atoms with E-state index in [-0.39, 0.29) is 109 Å². The summed E-state index contributed by atoms with van der Waals surface area (Å²) in [6.45, 7) is 15.4. The number of hydrogen-bond acceptors (Lipinski definition) is 16. The number of aryl methyl sites for hydroxylation is 2. The molecule has 0 aliphatic heterocycles. The van der Waals surface area contributed by atoms with Gasteiger partial charge in [-0.3, -0.25) is 54.3 Å². The number of benzene rings is 2. The summed E-state index contributed by atoms with van der Waals surface area (Å²) in [4.78, 5) is 91.3. The molecule has 0 aliphatic carbocycles. The van der Waals surface area contributed by atoms with E-state index in [9.17, 15) is 28.8 Å². The predicted molar refractivity (Wildman–Crippen MR) is 289 cm³/mol. The van der Waals surface area contributed by atoms with E-state index < -0.39 is 41.3 Å².